The molecule has 0 spiro atoms. The summed E-state index contributed by atoms with van der Waals surface area (Å²) in [5.41, 5.74) is 0.758. The lowest BCUT2D eigenvalue weighted by atomic mass is 10.2. The van der Waals surface area contributed by atoms with Crippen LogP contribution in [0.3, 0.4) is 0 Å². The third-order valence-electron chi connectivity index (χ3n) is 3.38. The van der Waals surface area contributed by atoms with Gasteiger partial charge in [0.05, 0.1) is 16.1 Å². The first kappa shape index (κ1) is 16.4. The molecule has 0 aliphatic rings. The number of rotatable bonds is 5. The number of benzene rings is 1. The molecule has 128 valence electrons. The van der Waals surface area contributed by atoms with Crippen molar-refractivity contribution in [1.82, 2.24) is 10.2 Å². The molecule has 0 aliphatic heterocycles. The number of aromatic nitrogens is 2. The summed E-state index contributed by atoms with van der Waals surface area (Å²) in [6.45, 7) is 3.37. The zero-order valence-electron chi connectivity index (χ0n) is 13.4. The van der Waals surface area contributed by atoms with Gasteiger partial charge < -0.3 is 13.6 Å². The highest BCUT2D eigenvalue weighted by atomic mass is 16.6. The first-order valence-corrected chi connectivity index (χ1v) is 7.25. The molecule has 9 nitrogen and oxygen atoms in total. The Labute approximate surface area is 141 Å². The van der Waals surface area contributed by atoms with Crippen LogP contribution in [-0.4, -0.2) is 21.1 Å². The lowest BCUT2D eigenvalue weighted by Crippen LogP contribution is -2.05. The Morgan fingerprint density at radius 3 is 2.52 bits per heavy atom. The van der Waals surface area contributed by atoms with E-state index in [4.69, 9.17) is 13.6 Å². The molecule has 0 amide bonds. The van der Waals surface area contributed by atoms with Crippen molar-refractivity contribution in [3.63, 3.8) is 0 Å². The van der Waals surface area contributed by atoms with Crippen molar-refractivity contribution in [3.05, 3.63) is 63.4 Å². The SMILES string of the molecule is Cc1cc(-c2nnc(COC(=O)c3ccc([N+](=O)[O-])cc3)o2)c(C)o1. The summed E-state index contributed by atoms with van der Waals surface area (Å²) in [7, 11) is 0. The largest absolute Gasteiger partial charge is 0.466 e. The maximum atomic E-state index is 11.9. The fraction of sp³-hybridized carbons (Fsp3) is 0.188. The van der Waals surface area contributed by atoms with Crippen LogP contribution in [0.5, 0.6) is 0 Å². The molecule has 0 unspecified atom stereocenters. The Hall–Kier alpha value is -3.49. The molecule has 9 heteroatoms. The zero-order chi connectivity index (χ0) is 18.0. The maximum absolute atomic E-state index is 11.9. The van der Waals surface area contributed by atoms with E-state index in [0.29, 0.717) is 11.3 Å². The second kappa shape index (κ2) is 6.56. The molecule has 0 saturated heterocycles. The van der Waals surface area contributed by atoms with Gasteiger partial charge in [0.15, 0.2) is 6.61 Å². The number of carbonyl (C=O) groups excluding carboxylic acids is 1. The van der Waals surface area contributed by atoms with Crippen molar-refractivity contribution in [2.24, 2.45) is 0 Å². The van der Waals surface area contributed by atoms with Crippen molar-refractivity contribution >= 4 is 11.7 Å². The van der Waals surface area contributed by atoms with E-state index < -0.39 is 10.9 Å². The molecule has 0 atom stereocenters. The smallest absolute Gasteiger partial charge is 0.338 e. The summed E-state index contributed by atoms with van der Waals surface area (Å²) in [5.74, 6) is 1.12. The van der Waals surface area contributed by atoms with Crippen LogP contribution in [0, 0.1) is 24.0 Å². The second-order valence-electron chi connectivity index (χ2n) is 5.21. The number of carbonyl (C=O) groups is 1. The summed E-state index contributed by atoms with van der Waals surface area (Å²) in [5, 5.41) is 18.3. The number of furan rings is 1. The number of hydrogen-bond acceptors (Lipinski definition) is 8. The fourth-order valence-corrected chi connectivity index (χ4v) is 2.19. The highest BCUT2D eigenvalue weighted by Gasteiger charge is 2.16. The molecule has 2 heterocycles. The van der Waals surface area contributed by atoms with Gasteiger partial charge in [0.25, 0.3) is 17.5 Å². The van der Waals surface area contributed by atoms with E-state index >= 15 is 0 Å². The van der Waals surface area contributed by atoms with Crippen LogP contribution in [0.4, 0.5) is 5.69 Å². The van der Waals surface area contributed by atoms with Gasteiger partial charge in [0.1, 0.15) is 11.5 Å². The Kier molecular flexibility index (Phi) is 4.29. The molecular weight excluding hydrogens is 330 g/mol. The molecular formula is C16H13N3O6. The lowest BCUT2D eigenvalue weighted by molar-refractivity contribution is -0.384. The second-order valence-corrected chi connectivity index (χ2v) is 5.21. The van der Waals surface area contributed by atoms with Crippen LogP contribution in [0.25, 0.3) is 11.5 Å². The Bertz CT molecular complexity index is 926. The average Bonchev–Trinajstić information content (AvgIpc) is 3.18. The van der Waals surface area contributed by atoms with E-state index in [9.17, 15) is 14.9 Å². The number of nitro benzene ring substituents is 1. The highest BCUT2D eigenvalue weighted by molar-refractivity contribution is 5.89. The molecule has 0 aliphatic carbocycles. The van der Waals surface area contributed by atoms with E-state index in [1.807, 2.05) is 0 Å². The lowest BCUT2D eigenvalue weighted by Gasteiger charge is -2.01. The zero-order valence-corrected chi connectivity index (χ0v) is 13.4. The molecule has 2 aromatic heterocycles. The topological polar surface area (TPSA) is 122 Å². The number of nitro groups is 1. The number of nitrogens with zero attached hydrogens (tertiary/aromatic N) is 3. The van der Waals surface area contributed by atoms with Crippen molar-refractivity contribution in [3.8, 4) is 11.5 Å². The minimum Gasteiger partial charge on any atom is -0.466 e. The maximum Gasteiger partial charge on any atom is 0.338 e. The normalized spacial score (nSPS) is 10.6. The fourth-order valence-electron chi connectivity index (χ4n) is 2.19. The van der Waals surface area contributed by atoms with Gasteiger partial charge in [-0.25, -0.2) is 4.79 Å². The molecule has 1 aromatic carbocycles. The molecule has 0 bridgehead atoms. The number of non-ortho nitro benzene ring substituents is 1. The minimum absolute atomic E-state index is 0.108. The van der Waals surface area contributed by atoms with Crippen LogP contribution in [-0.2, 0) is 11.3 Å². The van der Waals surface area contributed by atoms with Crippen LogP contribution < -0.4 is 0 Å². The van der Waals surface area contributed by atoms with Gasteiger partial charge in [-0.1, -0.05) is 0 Å². The number of esters is 1. The van der Waals surface area contributed by atoms with Crippen LogP contribution >= 0.6 is 0 Å². The standard InChI is InChI=1S/C16H13N3O6/c1-9-7-13(10(2)24-9)15-18-17-14(25-15)8-23-16(20)11-3-5-12(6-4-11)19(21)22/h3-7H,8H2,1-2H3. The highest BCUT2D eigenvalue weighted by Crippen LogP contribution is 2.25. The summed E-state index contributed by atoms with van der Waals surface area (Å²) in [6, 6.07) is 6.86. The summed E-state index contributed by atoms with van der Waals surface area (Å²) < 4.78 is 15.9. The van der Waals surface area contributed by atoms with E-state index in [1.165, 1.54) is 24.3 Å². The first-order valence-electron chi connectivity index (χ1n) is 7.25. The van der Waals surface area contributed by atoms with E-state index in [-0.39, 0.29) is 29.6 Å². The number of hydrogen-bond donors (Lipinski definition) is 0. The quantitative estimate of drug-likeness (QED) is 0.393. The Balaban J connectivity index is 1.65. The van der Waals surface area contributed by atoms with Gasteiger partial charge >= 0.3 is 5.97 Å². The Morgan fingerprint density at radius 1 is 1.20 bits per heavy atom. The molecule has 0 fully saturated rings. The molecule has 0 saturated carbocycles. The number of ether oxygens (including phenoxy) is 1. The van der Waals surface area contributed by atoms with Crippen molar-refractivity contribution in [2.45, 2.75) is 20.5 Å². The first-order chi connectivity index (χ1) is 11.9. The molecule has 0 N–H and O–H groups in total. The molecule has 0 radical (unpaired) electrons. The van der Waals surface area contributed by atoms with Crippen LogP contribution in [0.1, 0.15) is 27.8 Å². The van der Waals surface area contributed by atoms with Gasteiger partial charge in [-0.3, -0.25) is 10.1 Å². The van der Waals surface area contributed by atoms with E-state index in [2.05, 4.69) is 10.2 Å². The number of aryl methyl sites for hydroxylation is 2. The summed E-state index contributed by atoms with van der Waals surface area (Å²) in [6.07, 6.45) is 0. The molecule has 3 rings (SSSR count). The van der Waals surface area contributed by atoms with Gasteiger partial charge in [-0.15, -0.1) is 10.2 Å². The molecule has 25 heavy (non-hydrogen) atoms. The van der Waals surface area contributed by atoms with Gasteiger partial charge in [0.2, 0.25) is 0 Å². The summed E-state index contributed by atoms with van der Waals surface area (Å²) in [4.78, 5) is 22.0. The van der Waals surface area contributed by atoms with Crippen molar-refractivity contribution in [1.29, 1.82) is 0 Å². The van der Waals surface area contributed by atoms with Gasteiger partial charge in [-0.2, -0.15) is 0 Å². The van der Waals surface area contributed by atoms with Gasteiger partial charge in [0, 0.05) is 12.1 Å². The van der Waals surface area contributed by atoms with Crippen molar-refractivity contribution < 1.29 is 23.3 Å². The van der Waals surface area contributed by atoms with Crippen LogP contribution in [0.15, 0.2) is 39.2 Å². The molecule has 3 aromatic rings. The monoisotopic (exact) mass is 343 g/mol. The minimum atomic E-state index is -0.648. The van der Waals surface area contributed by atoms with E-state index in [1.54, 1.807) is 19.9 Å². The predicted molar refractivity (Wildman–Crippen MR) is 83.7 cm³/mol. The van der Waals surface area contributed by atoms with Crippen LogP contribution in [0.2, 0.25) is 0 Å². The van der Waals surface area contributed by atoms with Gasteiger partial charge in [-0.05, 0) is 32.0 Å². The Morgan fingerprint density at radius 2 is 1.92 bits per heavy atom. The third kappa shape index (κ3) is 3.55. The van der Waals surface area contributed by atoms with Crippen molar-refractivity contribution in [2.75, 3.05) is 0 Å². The summed E-state index contributed by atoms with van der Waals surface area (Å²) >= 11 is 0. The average molecular weight is 343 g/mol. The third-order valence-corrected chi connectivity index (χ3v) is 3.38. The van der Waals surface area contributed by atoms with E-state index in [0.717, 1.165) is 5.76 Å². The predicted octanol–water partition coefficient (Wildman–Crippen LogP) is 3.21.